The van der Waals surface area contributed by atoms with Gasteiger partial charge in [-0.1, -0.05) is 12.1 Å². The molecule has 3 rings (SSSR count). The van der Waals surface area contributed by atoms with Crippen LogP contribution in [-0.2, 0) is 14.8 Å². The molecular weight excluding hydrogens is 422 g/mol. The van der Waals surface area contributed by atoms with Gasteiger partial charge in [0, 0.05) is 35.8 Å². The second-order valence-corrected chi connectivity index (χ2v) is 8.01. The van der Waals surface area contributed by atoms with E-state index < -0.39 is 20.9 Å². The van der Waals surface area contributed by atoms with Crippen LogP contribution in [0.4, 0.5) is 17.3 Å². The Bertz CT molecular complexity index is 1260. The van der Waals surface area contributed by atoms with Gasteiger partial charge >= 0.3 is 0 Å². The Morgan fingerprint density at radius 2 is 1.87 bits per heavy atom. The zero-order valence-electron chi connectivity index (χ0n) is 16.2. The fourth-order valence-corrected chi connectivity index (χ4v) is 3.44. The van der Waals surface area contributed by atoms with Crippen LogP contribution in [-0.4, -0.2) is 29.2 Å². The van der Waals surface area contributed by atoms with Crippen LogP contribution in [0.25, 0.3) is 6.08 Å². The van der Waals surface area contributed by atoms with E-state index in [0.717, 1.165) is 0 Å². The van der Waals surface area contributed by atoms with Gasteiger partial charge in [0.15, 0.2) is 0 Å². The van der Waals surface area contributed by atoms with Crippen LogP contribution < -0.4 is 10.0 Å². The average Bonchev–Trinajstić information content (AvgIpc) is 2.72. The number of non-ortho nitro benzene ring substituents is 1. The Kier molecular flexibility index (Phi) is 6.36. The van der Waals surface area contributed by atoms with Crippen LogP contribution in [0.5, 0.6) is 0 Å². The minimum absolute atomic E-state index is 0.0252. The average molecular weight is 439 g/mol. The van der Waals surface area contributed by atoms with Crippen LogP contribution in [0.15, 0.2) is 71.8 Å². The fraction of sp³-hybridized carbons (Fsp3) is 0.0500. The lowest BCUT2D eigenvalue weighted by atomic mass is 10.2. The molecule has 31 heavy (non-hydrogen) atoms. The predicted molar refractivity (Wildman–Crippen MR) is 115 cm³/mol. The largest absolute Gasteiger partial charge is 0.323 e. The summed E-state index contributed by atoms with van der Waals surface area (Å²) >= 11 is 0. The summed E-state index contributed by atoms with van der Waals surface area (Å²) in [5.41, 5.74) is 1.41. The fourth-order valence-electron chi connectivity index (χ4n) is 2.49. The molecule has 0 aliphatic heterocycles. The molecule has 11 heteroatoms. The highest BCUT2D eigenvalue weighted by molar-refractivity contribution is 7.92. The number of aryl methyl sites for hydroxylation is 1. The highest BCUT2D eigenvalue weighted by atomic mass is 32.2. The Balaban J connectivity index is 1.65. The normalized spacial score (nSPS) is 11.3. The molecule has 0 atom stereocenters. The number of nitro benzene ring substituents is 1. The summed E-state index contributed by atoms with van der Waals surface area (Å²) in [6, 6.07) is 13.0. The van der Waals surface area contributed by atoms with Gasteiger partial charge in [-0.3, -0.25) is 14.9 Å². The summed E-state index contributed by atoms with van der Waals surface area (Å²) in [6.45, 7) is 1.71. The molecule has 1 aromatic heterocycles. The van der Waals surface area contributed by atoms with Crippen molar-refractivity contribution in [2.45, 2.75) is 11.8 Å². The number of anilines is 2. The molecule has 0 saturated heterocycles. The Morgan fingerprint density at radius 1 is 1.13 bits per heavy atom. The van der Waals surface area contributed by atoms with Gasteiger partial charge in [0.2, 0.25) is 11.9 Å². The van der Waals surface area contributed by atoms with Gasteiger partial charge in [-0.2, -0.15) is 0 Å². The molecule has 2 N–H and O–H groups in total. The molecule has 0 aliphatic rings. The second-order valence-electron chi connectivity index (χ2n) is 6.33. The smallest absolute Gasteiger partial charge is 0.270 e. The molecule has 0 radical (unpaired) electrons. The molecule has 0 fully saturated rings. The number of carbonyl (C=O) groups excluding carboxylic acids is 1. The number of hydrogen-bond acceptors (Lipinski definition) is 7. The second kappa shape index (κ2) is 9.13. The van der Waals surface area contributed by atoms with Crippen LogP contribution in [0.2, 0.25) is 0 Å². The highest BCUT2D eigenvalue weighted by Crippen LogP contribution is 2.17. The van der Waals surface area contributed by atoms with Gasteiger partial charge in [0.05, 0.1) is 9.82 Å². The van der Waals surface area contributed by atoms with Gasteiger partial charge in [-0.15, -0.1) is 0 Å². The van der Waals surface area contributed by atoms with Crippen molar-refractivity contribution < 1.29 is 18.1 Å². The van der Waals surface area contributed by atoms with Crippen molar-refractivity contribution >= 4 is 39.3 Å². The molecule has 0 saturated carbocycles. The van der Waals surface area contributed by atoms with Gasteiger partial charge in [-0.25, -0.2) is 23.1 Å². The van der Waals surface area contributed by atoms with Crippen LogP contribution in [0.3, 0.4) is 0 Å². The summed E-state index contributed by atoms with van der Waals surface area (Å²) in [7, 11) is -3.89. The minimum Gasteiger partial charge on any atom is -0.323 e. The van der Waals surface area contributed by atoms with Crippen molar-refractivity contribution in [3.63, 3.8) is 0 Å². The van der Waals surface area contributed by atoms with E-state index in [0.29, 0.717) is 16.9 Å². The quantitative estimate of drug-likeness (QED) is 0.327. The first kappa shape index (κ1) is 21.6. The number of amides is 1. The first-order valence-corrected chi connectivity index (χ1v) is 10.4. The Labute approximate surface area is 177 Å². The molecule has 0 bridgehead atoms. The van der Waals surface area contributed by atoms with Crippen LogP contribution in [0, 0.1) is 17.0 Å². The number of aromatic nitrogens is 2. The SMILES string of the molecule is Cc1ccnc(NS(=O)(=O)c2ccc(NC(=O)C=Cc3cccc([N+](=O)[O-])c3)cc2)n1. The van der Waals surface area contributed by atoms with Crippen molar-refractivity contribution in [1.29, 1.82) is 0 Å². The number of nitrogens with zero attached hydrogens (tertiary/aromatic N) is 3. The van der Waals surface area contributed by atoms with Gasteiger partial charge < -0.3 is 5.32 Å². The van der Waals surface area contributed by atoms with Crippen molar-refractivity contribution in [1.82, 2.24) is 9.97 Å². The maximum Gasteiger partial charge on any atom is 0.270 e. The predicted octanol–water partition coefficient (Wildman–Crippen LogP) is 3.15. The van der Waals surface area contributed by atoms with E-state index in [2.05, 4.69) is 20.0 Å². The van der Waals surface area contributed by atoms with E-state index >= 15 is 0 Å². The molecule has 1 heterocycles. The lowest BCUT2D eigenvalue weighted by Gasteiger charge is -2.08. The number of benzene rings is 2. The number of nitrogens with one attached hydrogen (secondary N) is 2. The third-order valence-electron chi connectivity index (χ3n) is 3.96. The van der Waals surface area contributed by atoms with Crippen LogP contribution >= 0.6 is 0 Å². The summed E-state index contributed by atoms with van der Waals surface area (Å²) in [6.07, 6.45) is 4.10. The Hall–Kier alpha value is -4.12. The maximum atomic E-state index is 12.4. The number of carbonyl (C=O) groups is 1. The molecular formula is C20H17N5O5S. The summed E-state index contributed by atoms with van der Waals surface area (Å²) < 4.78 is 27.2. The zero-order valence-corrected chi connectivity index (χ0v) is 17.0. The van der Waals surface area contributed by atoms with Crippen LogP contribution in [0.1, 0.15) is 11.3 Å². The molecule has 1 amide bonds. The molecule has 3 aromatic rings. The van der Waals surface area contributed by atoms with Crippen molar-refractivity contribution in [3.05, 3.63) is 88.2 Å². The summed E-state index contributed by atoms with van der Waals surface area (Å²) in [5, 5.41) is 13.4. The molecule has 158 valence electrons. The molecule has 0 unspecified atom stereocenters. The minimum atomic E-state index is -3.89. The Morgan fingerprint density at radius 3 is 2.55 bits per heavy atom. The lowest BCUT2D eigenvalue weighted by molar-refractivity contribution is -0.384. The highest BCUT2D eigenvalue weighted by Gasteiger charge is 2.15. The zero-order chi connectivity index (χ0) is 22.4. The van der Waals surface area contributed by atoms with Gasteiger partial charge in [0.1, 0.15) is 0 Å². The van der Waals surface area contributed by atoms with Crippen molar-refractivity contribution in [3.8, 4) is 0 Å². The monoisotopic (exact) mass is 439 g/mol. The van der Waals surface area contributed by atoms with Gasteiger partial charge in [-0.05, 0) is 48.9 Å². The molecule has 0 aliphatic carbocycles. The van der Waals surface area contributed by atoms with Crippen molar-refractivity contribution in [2.75, 3.05) is 10.0 Å². The summed E-state index contributed by atoms with van der Waals surface area (Å²) in [4.78, 5) is 30.2. The first-order valence-electron chi connectivity index (χ1n) is 8.89. The first-order chi connectivity index (χ1) is 14.7. The van der Waals surface area contributed by atoms with E-state index in [1.54, 1.807) is 19.1 Å². The van der Waals surface area contributed by atoms with Crippen molar-refractivity contribution in [2.24, 2.45) is 0 Å². The lowest BCUT2D eigenvalue weighted by Crippen LogP contribution is -2.15. The molecule has 10 nitrogen and oxygen atoms in total. The molecule has 2 aromatic carbocycles. The van der Waals surface area contributed by atoms with E-state index in [9.17, 15) is 23.3 Å². The van der Waals surface area contributed by atoms with E-state index in [1.165, 1.54) is 60.8 Å². The van der Waals surface area contributed by atoms with E-state index in [-0.39, 0.29) is 16.5 Å². The van der Waals surface area contributed by atoms with Gasteiger partial charge in [0.25, 0.3) is 15.7 Å². The topological polar surface area (TPSA) is 144 Å². The number of nitro groups is 1. The number of hydrogen-bond donors (Lipinski definition) is 2. The van der Waals surface area contributed by atoms with E-state index in [4.69, 9.17) is 0 Å². The number of sulfonamides is 1. The number of rotatable bonds is 7. The third kappa shape index (κ3) is 5.93. The maximum absolute atomic E-state index is 12.4. The standard InChI is InChI=1S/C20H17N5O5S/c1-14-11-12-21-20(22-14)24-31(29,30)18-8-6-16(7-9-18)23-19(26)10-5-15-3-2-4-17(13-15)25(27)28/h2-13H,1H3,(H,23,26)(H,21,22,24). The third-order valence-corrected chi connectivity index (χ3v) is 5.30. The molecule has 0 spiro atoms. The van der Waals surface area contributed by atoms with E-state index in [1.807, 2.05) is 0 Å². The summed E-state index contributed by atoms with van der Waals surface area (Å²) in [5.74, 6) is -0.517.